The van der Waals surface area contributed by atoms with Crippen molar-refractivity contribution < 1.29 is 9.13 Å². The molecule has 1 aliphatic rings. The van der Waals surface area contributed by atoms with E-state index < -0.39 is 5.92 Å². The number of nitrogens with two attached hydrogens (primary N) is 1. The Kier molecular flexibility index (Phi) is 3.93. The number of rotatable bonds is 2. The lowest BCUT2D eigenvalue weighted by atomic mass is 9.82. The van der Waals surface area contributed by atoms with Gasteiger partial charge in [-0.1, -0.05) is 35.9 Å². The molecular formula is C21H17FN4O. The third-order valence-electron chi connectivity index (χ3n) is 4.79. The largest absolute Gasteiger partial charge is 0.420 e. The number of halogens is 1. The number of aryl methyl sites for hydroxylation is 2. The number of ether oxygens (including phenoxy) is 1. The zero-order chi connectivity index (χ0) is 19.1. The lowest BCUT2D eigenvalue weighted by Crippen LogP contribution is -2.21. The molecule has 0 fully saturated rings. The molecule has 2 aromatic carbocycles. The van der Waals surface area contributed by atoms with E-state index in [-0.39, 0.29) is 17.3 Å². The molecule has 6 heteroatoms. The molecule has 0 bridgehead atoms. The fourth-order valence-electron chi connectivity index (χ4n) is 3.53. The standard InChI is InChI=1S/C21H17FN4O/c1-11-3-8-15(12(2)9-11)19-18-17(13-4-6-14(22)7-5-13)16(10-23)20(24)27-21(18)26-25-19/h3-9,17H,24H2,1-2H3,(H,25,26)/t17-/m1/s1. The molecule has 0 spiro atoms. The van der Waals surface area contributed by atoms with E-state index in [1.807, 2.05) is 26.0 Å². The Bertz CT molecular complexity index is 1110. The smallest absolute Gasteiger partial charge is 0.244 e. The summed E-state index contributed by atoms with van der Waals surface area (Å²) in [6.45, 7) is 4.04. The molecule has 3 N–H and O–H groups in total. The Morgan fingerprint density at radius 2 is 1.93 bits per heavy atom. The first-order valence-corrected chi connectivity index (χ1v) is 8.48. The van der Waals surface area contributed by atoms with Crippen molar-refractivity contribution in [3.63, 3.8) is 0 Å². The van der Waals surface area contributed by atoms with E-state index in [1.165, 1.54) is 12.1 Å². The summed E-state index contributed by atoms with van der Waals surface area (Å²) in [5.41, 5.74) is 11.7. The predicted molar refractivity (Wildman–Crippen MR) is 99.2 cm³/mol. The first-order valence-electron chi connectivity index (χ1n) is 8.48. The fourth-order valence-corrected chi connectivity index (χ4v) is 3.53. The van der Waals surface area contributed by atoms with Gasteiger partial charge in [-0.25, -0.2) is 4.39 Å². The minimum atomic E-state index is -0.492. The van der Waals surface area contributed by atoms with Gasteiger partial charge in [-0.3, -0.25) is 5.10 Å². The molecule has 0 radical (unpaired) electrons. The Labute approximate surface area is 155 Å². The molecule has 134 valence electrons. The number of benzene rings is 2. The lowest BCUT2D eigenvalue weighted by molar-refractivity contribution is 0.379. The highest BCUT2D eigenvalue weighted by molar-refractivity contribution is 5.73. The fraction of sp³-hybridized carbons (Fsp3) is 0.143. The average Bonchev–Trinajstić information content (AvgIpc) is 3.04. The zero-order valence-electron chi connectivity index (χ0n) is 14.9. The summed E-state index contributed by atoms with van der Waals surface area (Å²) in [7, 11) is 0. The Morgan fingerprint density at radius 1 is 1.19 bits per heavy atom. The van der Waals surface area contributed by atoms with Crippen molar-refractivity contribution in [2.24, 2.45) is 5.73 Å². The van der Waals surface area contributed by atoms with Gasteiger partial charge in [0.2, 0.25) is 11.8 Å². The van der Waals surface area contributed by atoms with Gasteiger partial charge in [0.25, 0.3) is 0 Å². The number of hydrogen-bond acceptors (Lipinski definition) is 4. The van der Waals surface area contributed by atoms with Crippen LogP contribution in [0.2, 0.25) is 0 Å². The van der Waals surface area contributed by atoms with Gasteiger partial charge >= 0.3 is 0 Å². The molecule has 0 aliphatic carbocycles. The van der Waals surface area contributed by atoms with Gasteiger partial charge in [0, 0.05) is 5.56 Å². The summed E-state index contributed by atoms with van der Waals surface area (Å²) in [5, 5.41) is 17.0. The zero-order valence-corrected chi connectivity index (χ0v) is 14.9. The SMILES string of the molecule is Cc1ccc(-c2[nH]nc3c2[C@H](c2ccc(F)cc2)C(C#N)=C(N)O3)c(C)c1. The van der Waals surface area contributed by atoms with Crippen LogP contribution in [0.5, 0.6) is 5.88 Å². The van der Waals surface area contributed by atoms with Crippen molar-refractivity contribution in [2.75, 3.05) is 0 Å². The summed E-state index contributed by atoms with van der Waals surface area (Å²) >= 11 is 0. The monoisotopic (exact) mass is 360 g/mol. The highest BCUT2D eigenvalue weighted by atomic mass is 19.1. The second-order valence-corrected chi connectivity index (χ2v) is 6.61. The van der Waals surface area contributed by atoms with Crippen LogP contribution < -0.4 is 10.5 Å². The van der Waals surface area contributed by atoms with Crippen LogP contribution >= 0.6 is 0 Å². The van der Waals surface area contributed by atoms with Crippen LogP contribution in [0.4, 0.5) is 4.39 Å². The number of H-pyrrole nitrogens is 1. The third-order valence-corrected chi connectivity index (χ3v) is 4.79. The minimum Gasteiger partial charge on any atom is -0.420 e. The minimum absolute atomic E-state index is 0.0120. The molecule has 1 aromatic heterocycles. The number of nitriles is 1. The van der Waals surface area contributed by atoms with Crippen LogP contribution in [0.25, 0.3) is 11.3 Å². The first kappa shape index (κ1) is 16.9. The molecule has 2 heterocycles. The maximum Gasteiger partial charge on any atom is 0.244 e. The van der Waals surface area contributed by atoms with Gasteiger partial charge in [-0.2, -0.15) is 5.26 Å². The number of nitrogens with zero attached hydrogens (tertiary/aromatic N) is 2. The lowest BCUT2D eigenvalue weighted by Gasteiger charge is -2.24. The van der Waals surface area contributed by atoms with Crippen LogP contribution in [-0.2, 0) is 0 Å². The maximum absolute atomic E-state index is 13.4. The molecule has 0 amide bonds. The molecule has 1 aliphatic heterocycles. The first-order chi connectivity index (χ1) is 13.0. The highest BCUT2D eigenvalue weighted by Crippen LogP contribution is 2.46. The van der Waals surface area contributed by atoms with E-state index in [9.17, 15) is 9.65 Å². The van der Waals surface area contributed by atoms with E-state index in [0.717, 1.165) is 33.5 Å². The van der Waals surface area contributed by atoms with Gasteiger partial charge < -0.3 is 10.5 Å². The summed E-state index contributed by atoms with van der Waals surface area (Å²) in [5.74, 6) is -0.495. The highest BCUT2D eigenvalue weighted by Gasteiger charge is 2.35. The second kappa shape index (κ2) is 6.29. The molecule has 1 atom stereocenters. The van der Waals surface area contributed by atoms with Crippen LogP contribution in [0.15, 0.2) is 53.9 Å². The quantitative estimate of drug-likeness (QED) is 0.722. The van der Waals surface area contributed by atoms with Gasteiger partial charge in [0.05, 0.1) is 17.2 Å². The second-order valence-electron chi connectivity index (χ2n) is 6.61. The van der Waals surface area contributed by atoms with Gasteiger partial charge in [-0.15, -0.1) is 5.10 Å². The van der Waals surface area contributed by atoms with Crippen LogP contribution in [0, 0.1) is 31.0 Å². The number of aromatic amines is 1. The summed E-state index contributed by atoms with van der Waals surface area (Å²) in [6, 6.07) is 14.3. The number of hydrogen-bond donors (Lipinski definition) is 2. The van der Waals surface area contributed by atoms with Gasteiger partial charge in [0.1, 0.15) is 17.5 Å². The molecule has 0 saturated heterocycles. The Morgan fingerprint density at radius 3 is 2.59 bits per heavy atom. The van der Waals surface area contributed by atoms with Crippen LogP contribution in [0.1, 0.15) is 28.2 Å². The van der Waals surface area contributed by atoms with E-state index in [0.29, 0.717) is 5.88 Å². The average molecular weight is 360 g/mol. The van der Waals surface area contributed by atoms with Crippen molar-refractivity contribution in [1.82, 2.24) is 10.2 Å². The number of nitrogens with one attached hydrogen (secondary N) is 1. The number of fused-ring (bicyclic) bond motifs is 1. The van der Waals surface area contributed by atoms with Gasteiger partial charge in [-0.05, 0) is 37.1 Å². The predicted octanol–water partition coefficient (Wildman–Crippen LogP) is 4.05. The normalized spacial score (nSPS) is 15.9. The van der Waals surface area contributed by atoms with Crippen molar-refractivity contribution in [1.29, 1.82) is 5.26 Å². The summed E-state index contributed by atoms with van der Waals surface area (Å²) < 4.78 is 19.0. The molecule has 0 unspecified atom stereocenters. The van der Waals surface area contributed by atoms with Crippen molar-refractivity contribution in [3.8, 4) is 23.2 Å². The topological polar surface area (TPSA) is 87.7 Å². The molecular weight excluding hydrogens is 343 g/mol. The van der Waals surface area contributed by atoms with Crippen LogP contribution in [0.3, 0.4) is 0 Å². The molecule has 27 heavy (non-hydrogen) atoms. The van der Waals surface area contributed by atoms with Gasteiger partial charge in [0.15, 0.2) is 0 Å². The number of aromatic nitrogens is 2. The molecule has 0 saturated carbocycles. The summed E-state index contributed by atoms with van der Waals surface area (Å²) in [6.07, 6.45) is 0. The Hall–Kier alpha value is -3.59. The molecule has 4 rings (SSSR count). The third kappa shape index (κ3) is 2.74. The molecule has 3 aromatic rings. The van der Waals surface area contributed by atoms with Crippen molar-refractivity contribution >= 4 is 0 Å². The number of allylic oxidation sites excluding steroid dienone is 1. The van der Waals surface area contributed by atoms with E-state index >= 15 is 0 Å². The maximum atomic E-state index is 13.4. The summed E-state index contributed by atoms with van der Waals surface area (Å²) in [4.78, 5) is 0. The van der Waals surface area contributed by atoms with Crippen molar-refractivity contribution in [2.45, 2.75) is 19.8 Å². The Balaban J connectivity index is 1.96. The van der Waals surface area contributed by atoms with E-state index in [1.54, 1.807) is 12.1 Å². The van der Waals surface area contributed by atoms with E-state index in [4.69, 9.17) is 10.5 Å². The molecule has 5 nitrogen and oxygen atoms in total. The van der Waals surface area contributed by atoms with E-state index in [2.05, 4.69) is 22.3 Å². The van der Waals surface area contributed by atoms with Crippen molar-refractivity contribution in [3.05, 3.63) is 82.0 Å². The van der Waals surface area contributed by atoms with Crippen LogP contribution in [-0.4, -0.2) is 10.2 Å².